The minimum atomic E-state index is -2.63. The van der Waals surface area contributed by atoms with Crippen LogP contribution in [0.15, 0.2) is 17.4 Å². The molecular formula is C10H18F2IN5O. The number of imidazole rings is 1. The molecule has 0 amide bonds. The predicted molar refractivity (Wildman–Crippen MR) is 78.7 cm³/mol. The molecule has 110 valence electrons. The molecule has 1 aromatic heterocycles. The lowest BCUT2D eigenvalue weighted by Gasteiger charge is -2.13. The summed E-state index contributed by atoms with van der Waals surface area (Å²) in [6.07, 6.45) is 2.50. The van der Waals surface area contributed by atoms with Crippen LogP contribution < -0.4 is 11.1 Å². The maximum Gasteiger partial charge on any atom is 0.319 e. The highest BCUT2D eigenvalue weighted by Gasteiger charge is 2.10. The van der Waals surface area contributed by atoms with Crippen molar-refractivity contribution in [3.8, 4) is 0 Å². The van der Waals surface area contributed by atoms with E-state index in [1.165, 1.54) is 12.4 Å². The summed E-state index contributed by atoms with van der Waals surface area (Å²) in [6, 6.07) is -0.00593. The van der Waals surface area contributed by atoms with Crippen LogP contribution in [0.25, 0.3) is 0 Å². The van der Waals surface area contributed by atoms with Crippen molar-refractivity contribution in [1.82, 2.24) is 14.9 Å². The third-order valence-corrected chi connectivity index (χ3v) is 2.16. The van der Waals surface area contributed by atoms with E-state index >= 15 is 0 Å². The molecule has 0 radical (unpaired) electrons. The highest BCUT2D eigenvalue weighted by molar-refractivity contribution is 14.0. The second-order valence-corrected chi connectivity index (χ2v) is 3.73. The molecule has 1 heterocycles. The summed E-state index contributed by atoms with van der Waals surface area (Å²) in [5.41, 5.74) is 5.61. The molecule has 0 saturated heterocycles. The normalized spacial score (nSPS) is 13.2. The van der Waals surface area contributed by atoms with Crippen LogP contribution in [-0.4, -0.2) is 35.3 Å². The van der Waals surface area contributed by atoms with E-state index < -0.39 is 6.55 Å². The molecular weight excluding hydrogens is 371 g/mol. The molecule has 1 rings (SSSR count). The Bertz CT molecular complexity index is 399. The minimum absolute atomic E-state index is 0. The van der Waals surface area contributed by atoms with Crippen LogP contribution >= 0.6 is 24.0 Å². The average Bonchev–Trinajstić information content (AvgIpc) is 2.74. The largest absolute Gasteiger partial charge is 0.383 e. The zero-order chi connectivity index (χ0) is 13.5. The lowest BCUT2D eigenvalue weighted by molar-refractivity contribution is 0.0671. The fraction of sp³-hybridized carbons (Fsp3) is 0.600. The summed E-state index contributed by atoms with van der Waals surface area (Å²) in [7, 11) is 1.57. The zero-order valence-electron chi connectivity index (χ0n) is 10.7. The van der Waals surface area contributed by atoms with E-state index in [9.17, 15) is 8.78 Å². The molecule has 1 aromatic rings. The quantitative estimate of drug-likeness (QED) is 0.437. The molecule has 1 atom stereocenters. The predicted octanol–water partition coefficient (Wildman–Crippen LogP) is 1.34. The van der Waals surface area contributed by atoms with Crippen LogP contribution in [0, 0.1) is 0 Å². The van der Waals surface area contributed by atoms with Crippen LogP contribution in [0.5, 0.6) is 0 Å². The second-order valence-electron chi connectivity index (χ2n) is 3.73. The van der Waals surface area contributed by atoms with Crippen molar-refractivity contribution in [2.24, 2.45) is 10.7 Å². The number of hydrogen-bond donors (Lipinski definition) is 2. The molecule has 0 saturated carbocycles. The number of rotatable bonds is 6. The number of halogens is 3. The topological polar surface area (TPSA) is 77.5 Å². The van der Waals surface area contributed by atoms with Gasteiger partial charge in [-0.25, -0.2) is 9.98 Å². The van der Waals surface area contributed by atoms with Gasteiger partial charge in [0.15, 0.2) is 5.96 Å². The number of aromatic nitrogens is 2. The van der Waals surface area contributed by atoms with Crippen molar-refractivity contribution in [1.29, 1.82) is 0 Å². The molecule has 0 fully saturated rings. The van der Waals surface area contributed by atoms with Gasteiger partial charge in [-0.15, -0.1) is 24.0 Å². The van der Waals surface area contributed by atoms with Gasteiger partial charge in [0, 0.05) is 25.5 Å². The minimum Gasteiger partial charge on any atom is -0.383 e. The Balaban J connectivity index is 0.00000324. The van der Waals surface area contributed by atoms with Crippen LogP contribution in [0.3, 0.4) is 0 Å². The van der Waals surface area contributed by atoms with E-state index in [4.69, 9.17) is 10.5 Å². The summed E-state index contributed by atoms with van der Waals surface area (Å²) < 4.78 is 30.7. The van der Waals surface area contributed by atoms with Gasteiger partial charge in [-0.05, 0) is 6.92 Å². The third kappa shape index (κ3) is 6.14. The van der Waals surface area contributed by atoms with Crippen LogP contribution in [0.2, 0.25) is 0 Å². The third-order valence-electron chi connectivity index (χ3n) is 2.16. The number of aliphatic imine (C=N–C) groups is 1. The van der Waals surface area contributed by atoms with E-state index in [2.05, 4.69) is 15.3 Å². The van der Waals surface area contributed by atoms with E-state index in [1.54, 1.807) is 7.11 Å². The first-order chi connectivity index (χ1) is 8.54. The van der Waals surface area contributed by atoms with Crippen molar-refractivity contribution in [3.05, 3.63) is 18.2 Å². The van der Waals surface area contributed by atoms with Gasteiger partial charge in [0.1, 0.15) is 12.4 Å². The fourth-order valence-electron chi connectivity index (χ4n) is 1.39. The Morgan fingerprint density at radius 2 is 2.32 bits per heavy atom. The molecule has 3 N–H and O–H groups in total. The number of nitrogens with one attached hydrogen (secondary N) is 1. The molecule has 0 spiro atoms. The van der Waals surface area contributed by atoms with E-state index in [0.29, 0.717) is 6.61 Å². The first-order valence-electron chi connectivity index (χ1n) is 5.39. The number of alkyl halides is 2. The van der Waals surface area contributed by atoms with Crippen molar-refractivity contribution in [3.63, 3.8) is 0 Å². The molecule has 0 aromatic carbocycles. The number of guanidine groups is 1. The number of hydrogen-bond acceptors (Lipinski definition) is 3. The van der Waals surface area contributed by atoms with Crippen molar-refractivity contribution in [2.45, 2.75) is 26.1 Å². The maximum absolute atomic E-state index is 12.5. The van der Waals surface area contributed by atoms with E-state index in [1.807, 2.05) is 6.92 Å². The van der Waals surface area contributed by atoms with E-state index in [-0.39, 0.29) is 48.3 Å². The molecule has 0 aliphatic carbocycles. The first kappa shape index (κ1) is 18.0. The van der Waals surface area contributed by atoms with Gasteiger partial charge >= 0.3 is 6.55 Å². The van der Waals surface area contributed by atoms with Gasteiger partial charge in [0.25, 0.3) is 0 Å². The smallest absolute Gasteiger partial charge is 0.319 e. The van der Waals surface area contributed by atoms with Crippen LogP contribution in [0.4, 0.5) is 8.78 Å². The number of methoxy groups -OCH3 is 1. The summed E-state index contributed by atoms with van der Waals surface area (Å²) in [5, 5.41) is 2.87. The average molecular weight is 389 g/mol. The Morgan fingerprint density at radius 1 is 1.63 bits per heavy atom. The summed E-state index contributed by atoms with van der Waals surface area (Å²) in [5.74, 6) is 0.331. The fourth-order valence-corrected chi connectivity index (χ4v) is 1.39. The zero-order valence-corrected chi connectivity index (χ0v) is 13.0. The molecule has 0 aliphatic rings. The number of nitrogens with two attached hydrogens (primary N) is 1. The second kappa shape index (κ2) is 9.02. The Hall–Kier alpha value is -0.970. The van der Waals surface area contributed by atoms with Gasteiger partial charge in [-0.1, -0.05) is 0 Å². The van der Waals surface area contributed by atoms with Gasteiger partial charge in [-0.2, -0.15) is 8.78 Å². The van der Waals surface area contributed by atoms with Crippen LogP contribution in [0.1, 0.15) is 19.3 Å². The lowest BCUT2D eigenvalue weighted by Crippen LogP contribution is -2.40. The standard InChI is InChI=1S/C10H17F2N5O.HI/c1-7(6-18-2)16-10(13)15-5-8-14-3-4-17(8)9(11)12;/h3-4,7,9H,5-6H2,1-2H3,(H3,13,15,16);1H. The van der Waals surface area contributed by atoms with Crippen molar-refractivity contribution >= 4 is 29.9 Å². The molecule has 6 nitrogen and oxygen atoms in total. The molecule has 0 aliphatic heterocycles. The SMILES string of the molecule is COCC(C)NC(N)=NCc1nccn1C(F)F.I. The van der Waals surface area contributed by atoms with Gasteiger partial charge in [0.05, 0.1) is 6.61 Å². The maximum atomic E-state index is 12.5. The highest BCUT2D eigenvalue weighted by Crippen LogP contribution is 2.12. The Kier molecular flexibility index (Phi) is 8.56. The molecule has 1 unspecified atom stereocenters. The van der Waals surface area contributed by atoms with Gasteiger partial charge in [0.2, 0.25) is 0 Å². The first-order valence-corrected chi connectivity index (χ1v) is 5.39. The van der Waals surface area contributed by atoms with E-state index in [0.717, 1.165) is 4.57 Å². The van der Waals surface area contributed by atoms with Crippen molar-refractivity contribution < 1.29 is 13.5 Å². The highest BCUT2D eigenvalue weighted by atomic mass is 127. The summed E-state index contributed by atoms with van der Waals surface area (Å²) in [6.45, 7) is -0.289. The van der Waals surface area contributed by atoms with Gasteiger partial charge < -0.3 is 15.8 Å². The van der Waals surface area contributed by atoms with Crippen LogP contribution in [-0.2, 0) is 11.3 Å². The van der Waals surface area contributed by atoms with Gasteiger partial charge in [-0.3, -0.25) is 4.57 Å². The Morgan fingerprint density at radius 3 is 2.89 bits per heavy atom. The molecule has 9 heteroatoms. The summed E-state index contributed by atoms with van der Waals surface area (Å²) >= 11 is 0. The van der Waals surface area contributed by atoms with Crippen molar-refractivity contribution in [2.75, 3.05) is 13.7 Å². The number of nitrogens with zero attached hydrogens (tertiary/aromatic N) is 3. The lowest BCUT2D eigenvalue weighted by atomic mass is 10.4. The Labute approximate surface area is 127 Å². The molecule has 19 heavy (non-hydrogen) atoms. The monoisotopic (exact) mass is 389 g/mol. The molecule has 0 bridgehead atoms. The summed E-state index contributed by atoms with van der Waals surface area (Å²) in [4.78, 5) is 7.74. The number of ether oxygens (including phenoxy) is 1.